The molecule has 0 unspecified atom stereocenters. The van der Waals surface area contributed by atoms with Crippen molar-refractivity contribution in [2.24, 2.45) is 0 Å². The maximum Gasteiger partial charge on any atom is 0.390 e. The highest BCUT2D eigenvalue weighted by Crippen LogP contribution is 2.22. The van der Waals surface area contributed by atoms with Crippen molar-refractivity contribution in [3.8, 4) is 0 Å². The lowest BCUT2D eigenvalue weighted by Gasteiger charge is -2.34. The predicted octanol–water partition coefficient (Wildman–Crippen LogP) is 2.10. The number of hydrogen-bond donors (Lipinski definition) is 1. The SMILES string of the molecule is CC1(NCCC(F)(F)F)CCOCC1. The van der Waals surface area contributed by atoms with Gasteiger partial charge in [0, 0.05) is 25.3 Å². The van der Waals surface area contributed by atoms with Gasteiger partial charge in [-0.1, -0.05) is 0 Å². The molecule has 0 aromatic rings. The van der Waals surface area contributed by atoms with E-state index in [-0.39, 0.29) is 12.1 Å². The average Bonchev–Trinajstić information content (AvgIpc) is 2.02. The molecular weight excluding hydrogens is 195 g/mol. The number of alkyl halides is 3. The van der Waals surface area contributed by atoms with Gasteiger partial charge >= 0.3 is 6.18 Å². The summed E-state index contributed by atoms with van der Waals surface area (Å²) in [5.74, 6) is 0. The molecule has 5 heteroatoms. The molecule has 2 nitrogen and oxygen atoms in total. The minimum atomic E-state index is -4.06. The van der Waals surface area contributed by atoms with Gasteiger partial charge in [-0.15, -0.1) is 0 Å². The molecule has 0 aliphatic carbocycles. The molecule has 1 rings (SSSR count). The molecule has 0 aromatic heterocycles. The Morgan fingerprint density at radius 3 is 2.36 bits per heavy atom. The van der Waals surface area contributed by atoms with E-state index < -0.39 is 12.6 Å². The van der Waals surface area contributed by atoms with Crippen LogP contribution in [-0.4, -0.2) is 31.5 Å². The van der Waals surface area contributed by atoms with Crippen LogP contribution in [0.3, 0.4) is 0 Å². The number of nitrogens with one attached hydrogen (secondary N) is 1. The lowest BCUT2D eigenvalue weighted by Crippen LogP contribution is -2.47. The molecule has 0 bridgehead atoms. The second-order valence-corrected chi connectivity index (χ2v) is 3.96. The molecule has 0 radical (unpaired) electrons. The van der Waals surface area contributed by atoms with E-state index in [1.54, 1.807) is 0 Å². The van der Waals surface area contributed by atoms with Crippen LogP contribution in [0.15, 0.2) is 0 Å². The fraction of sp³-hybridized carbons (Fsp3) is 1.00. The maximum absolute atomic E-state index is 11.9. The van der Waals surface area contributed by atoms with Gasteiger partial charge in [0.2, 0.25) is 0 Å². The summed E-state index contributed by atoms with van der Waals surface area (Å²) in [6.45, 7) is 3.22. The molecule has 1 saturated heterocycles. The molecule has 1 aliphatic rings. The second-order valence-electron chi connectivity index (χ2n) is 3.96. The van der Waals surface area contributed by atoms with Gasteiger partial charge in [-0.3, -0.25) is 0 Å². The summed E-state index contributed by atoms with van der Waals surface area (Å²) in [7, 11) is 0. The van der Waals surface area contributed by atoms with Crippen LogP contribution >= 0.6 is 0 Å². The fourth-order valence-corrected chi connectivity index (χ4v) is 1.50. The summed E-state index contributed by atoms with van der Waals surface area (Å²) in [6, 6.07) is 0. The van der Waals surface area contributed by atoms with Crippen LogP contribution in [-0.2, 0) is 4.74 Å². The maximum atomic E-state index is 11.9. The summed E-state index contributed by atoms with van der Waals surface area (Å²) >= 11 is 0. The molecule has 1 fully saturated rings. The van der Waals surface area contributed by atoms with Crippen LogP contribution in [0.25, 0.3) is 0 Å². The summed E-state index contributed by atoms with van der Waals surface area (Å²) in [6.07, 6.45) is -3.26. The van der Waals surface area contributed by atoms with Crippen molar-refractivity contribution in [3.05, 3.63) is 0 Å². The zero-order valence-electron chi connectivity index (χ0n) is 8.28. The lowest BCUT2D eigenvalue weighted by atomic mass is 9.92. The molecule has 1 heterocycles. The van der Waals surface area contributed by atoms with Crippen molar-refractivity contribution in [3.63, 3.8) is 0 Å². The highest BCUT2D eigenvalue weighted by Gasteiger charge is 2.30. The Hall–Kier alpha value is -0.290. The number of halogens is 3. The molecule has 0 atom stereocenters. The molecule has 0 spiro atoms. The molecule has 0 aromatic carbocycles. The highest BCUT2D eigenvalue weighted by atomic mass is 19.4. The Balaban J connectivity index is 2.22. The zero-order chi connectivity index (χ0) is 10.7. The van der Waals surface area contributed by atoms with Gasteiger partial charge in [-0.05, 0) is 19.8 Å². The highest BCUT2D eigenvalue weighted by molar-refractivity contribution is 4.85. The minimum absolute atomic E-state index is 0. The third kappa shape index (κ3) is 4.28. The first-order valence-electron chi connectivity index (χ1n) is 4.81. The van der Waals surface area contributed by atoms with Crippen molar-refractivity contribution in [1.29, 1.82) is 0 Å². The van der Waals surface area contributed by atoms with E-state index >= 15 is 0 Å². The predicted molar refractivity (Wildman–Crippen MR) is 47.1 cm³/mol. The molecule has 1 N–H and O–H groups in total. The van der Waals surface area contributed by atoms with Gasteiger partial charge in [0.1, 0.15) is 0 Å². The monoisotopic (exact) mass is 211 g/mol. The van der Waals surface area contributed by atoms with Crippen molar-refractivity contribution >= 4 is 0 Å². The van der Waals surface area contributed by atoms with Gasteiger partial charge in [-0.25, -0.2) is 0 Å². The largest absolute Gasteiger partial charge is 0.390 e. The Morgan fingerprint density at radius 1 is 1.29 bits per heavy atom. The Kier molecular flexibility index (Phi) is 3.78. The zero-order valence-corrected chi connectivity index (χ0v) is 8.28. The van der Waals surface area contributed by atoms with Gasteiger partial charge in [-0.2, -0.15) is 13.2 Å². The van der Waals surface area contributed by atoms with Crippen LogP contribution < -0.4 is 5.32 Å². The first kappa shape index (κ1) is 11.8. The summed E-state index contributed by atoms with van der Waals surface area (Å²) in [5.41, 5.74) is -0.177. The number of rotatable bonds is 3. The Labute approximate surface area is 81.8 Å². The number of ether oxygens (including phenoxy) is 1. The fourth-order valence-electron chi connectivity index (χ4n) is 1.50. The Bertz CT molecular complexity index is 175. The minimum Gasteiger partial charge on any atom is -0.381 e. The normalized spacial score (nSPS) is 22.3. The Morgan fingerprint density at radius 2 is 1.86 bits per heavy atom. The molecule has 1 aliphatic heterocycles. The average molecular weight is 211 g/mol. The molecule has 0 amide bonds. The van der Waals surface area contributed by atoms with Crippen molar-refractivity contribution in [1.82, 2.24) is 5.32 Å². The van der Waals surface area contributed by atoms with Crippen molar-refractivity contribution < 1.29 is 17.9 Å². The van der Waals surface area contributed by atoms with E-state index in [1.165, 1.54) is 0 Å². The van der Waals surface area contributed by atoms with Crippen molar-refractivity contribution in [2.45, 2.75) is 37.9 Å². The third-order valence-electron chi connectivity index (χ3n) is 2.56. The standard InChI is InChI=1S/C9H16F3NO/c1-8(3-6-14-7-4-8)13-5-2-9(10,11)12/h13H,2-7H2,1H3. The summed E-state index contributed by atoms with van der Waals surface area (Å²) in [4.78, 5) is 0. The van der Waals surface area contributed by atoms with Gasteiger partial charge < -0.3 is 10.1 Å². The number of hydrogen-bond acceptors (Lipinski definition) is 2. The van der Waals surface area contributed by atoms with E-state index in [0.717, 1.165) is 12.8 Å². The lowest BCUT2D eigenvalue weighted by molar-refractivity contribution is -0.134. The van der Waals surface area contributed by atoms with E-state index in [0.29, 0.717) is 13.2 Å². The molecule has 84 valence electrons. The first-order chi connectivity index (χ1) is 6.41. The van der Waals surface area contributed by atoms with E-state index in [2.05, 4.69) is 5.32 Å². The second kappa shape index (κ2) is 4.49. The van der Waals surface area contributed by atoms with Crippen molar-refractivity contribution in [2.75, 3.05) is 19.8 Å². The van der Waals surface area contributed by atoms with Crippen LogP contribution in [0.2, 0.25) is 0 Å². The molecule has 14 heavy (non-hydrogen) atoms. The summed E-state index contributed by atoms with van der Waals surface area (Å²) < 4.78 is 40.8. The van der Waals surface area contributed by atoms with Gasteiger partial charge in [0.25, 0.3) is 0 Å². The summed E-state index contributed by atoms with van der Waals surface area (Å²) in [5, 5.41) is 2.95. The van der Waals surface area contributed by atoms with Crippen LogP contribution in [0.5, 0.6) is 0 Å². The van der Waals surface area contributed by atoms with Gasteiger partial charge in [0.05, 0.1) is 6.42 Å². The molecule has 0 saturated carbocycles. The third-order valence-corrected chi connectivity index (χ3v) is 2.56. The van der Waals surface area contributed by atoms with E-state index in [4.69, 9.17) is 4.74 Å². The molecular formula is C9H16F3NO. The van der Waals surface area contributed by atoms with Crippen LogP contribution in [0.1, 0.15) is 26.2 Å². The topological polar surface area (TPSA) is 21.3 Å². The first-order valence-corrected chi connectivity index (χ1v) is 4.81. The van der Waals surface area contributed by atoms with E-state index in [1.807, 2.05) is 6.92 Å². The van der Waals surface area contributed by atoms with Gasteiger partial charge in [0.15, 0.2) is 0 Å². The van der Waals surface area contributed by atoms with Crippen LogP contribution in [0, 0.1) is 0 Å². The van der Waals surface area contributed by atoms with E-state index in [9.17, 15) is 13.2 Å². The smallest absolute Gasteiger partial charge is 0.381 e. The van der Waals surface area contributed by atoms with Crippen LogP contribution in [0.4, 0.5) is 13.2 Å². The quantitative estimate of drug-likeness (QED) is 0.771.